The summed E-state index contributed by atoms with van der Waals surface area (Å²) in [5.74, 6) is 0.305. The van der Waals surface area contributed by atoms with Gasteiger partial charge in [0, 0.05) is 22.5 Å². The zero-order valence-electron chi connectivity index (χ0n) is 21.2. The SMILES string of the molecule is COc1ccc(Nc2nc(C)c(-c3ccc(C)c(C)c3)c(C(OC(C)(C)C)C(=O)O)c2C)cc1. The number of carboxylic acid groups (broad SMARTS) is 1. The number of pyridine rings is 1. The number of hydrogen-bond donors (Lipinski definition) is 2. The van der Waals surface area contributed by atoms with Crippen LogP contribution in [0, 0.1) is 27.7 Å². The van der Waals surface area contributed by atoms with E-state index < -0.39 is 17.7 Å². The fraction of sp³-hybridized carbons (Fsp3) is 0.357. The van der Waals surface area contributed by atoms with Gasteiger partial charge in [-0.2, -0.15) is 0 Å². The van der Waals surface area contributed by atoms with E-state index in [0.29, 0.717) is 11.4 Å². The summed E-state index contributed by atoms with van der Waals surface area (Å²) < 4.78 is 11.3. The van der Waals surface area contributed by atoms with Gasteiger partial charge in [0.15, 0.2) is 6.10 Å². The number of aliphatic carboxylic acids is 1. The van der Waals surface area contributed by atoms with Crippen LogP contribution in [0.1, 0.15) is 54.8 Å². The van der Waals surface area contributed by atoms with E-state index in [0.717, 1.165) is 39.4 Å². The molecule has 0 radical (unpaired) electrons. The molecular formula is C28H34N2O4. The summed E-state index contributed by atoms with van der Waals surface area (Å²) in [7, 11) is 1.62. The Labute approximate surface area is 202 Å². The van der Waals surface area contributed by atoms with E-state index in [2.05, 4.69) is 18.3 Å². The smallest absolute Gasteiger partial charge is 0.337 e. The van der Waals surface area contributed by atoms with Crippen molar-refractivity contribution in [1.82, 2.24) is 4.98 Å². The molecule has 0 saturated carbocycles. The van der Waals surface area contributed by atoms with Crippen LogP contribution >= 0.6 is 0 Å². The third-order valence-electron chi connectivity index (χ3n) is 5.78. The minimum Gasteiger partial charge on any atom is -0.497 e. The summed E-state index contributed by atoms with van der Waals surface area (Å²) in [6.07, 6.45) is -1.16. The van der Waals surface area contributed by atoms with Crippen molar-refractivity contribution in [2.45, 2.75) is 60.2 Å². The molecule has 6 heteroatoms. The maximum atomic E-state index is 12.5. The second-order valence-electron chi connectivity index (χ2n) is 9.56. The number of rotatable bonds is 7. The van der Waals surface area contributed by atoms with Gasteiger partial charge in [-0.15, -0.1) is 0 Å². The Morgan fingerprint density at radius 3 is 2.18 bits per heavy atom. The number of methoxy groups -OCH3 is 1. The first-order chi connectivity index (χ1) is 15.9. The molecule has 6 nitrogen and oxygen atoms in total. The summed E-state index contributed by atoms with van der Waals surface area (Å²) in [5, 5.41) is 13.6. The van der Waals surface area contributed by atoms with Gasteiger partial charge in [0.25, 0.3) is 0 Å². The first-order valence-electron chi connectivity index (χ1n) is 11.3. The highest BCUT2D eigenvalue weighted by Crippen LogP contribution is 2.40. The van der Waals surface area contributed by atoms with Gasteiger partial charge in [0.2, 0.25) is 0 Å². The number of carbonyl (C=O) groups is 1. The molecule has 0 aliphatic carbocycles. The summed E-state index contributed by atoms with van der Waals surface area (Å²) in [6.45, 7) is 13.5. The molecule has 3 aromatic rings. The number of aromatic nitrogens is 1. The molecule has 1 unspecified atom stereocenters. The van der Waals surface area contributed by atoms with Crippen LogP contribution in [0.4, 0.5) is 11.5 Å². The van der Waals surface area contributed by atoms with Crippen LogP contribution in [0.2, 0.25) is 0 Å². The van der Waals surface area contributed by atoms with Crippen LogP contribution in [0.15, 0.2) is 42.5 Å². The van der Waals surface area contributed by atoms with E-state index in [1.165, 1.54) is 5.56 Å². The average molecular weight is 463 g/mol. The molecule has 2 aromatic carbocycles. The van der Waals surface area contributed by atoms with Crippen LogP contribution in [-0.2, 0) is 9.53 Å². The van der Waals surface area contributed by atoms with Crippen LogP contribution in [-0.4, -0.2) is 28.8 Å². The van der Waals surface area contributed by atoms with Crippen molar-refractivity contribution >= 4 is 17.5 Å². The number of anilines is 2. The fourth-order valence-corrected chi connectivity index (χ4v) is 3.93. The third kappa shape index (κ3) is 5.57. The highest BCUT2D eigenvalue weighted by Gasteiger charge is 2.33. The lowest BCUT2D eigenvalue weighted by Crippen LogP contribution is -2.28. The second-order valence-corrected chi connectivity index (χ2v) is 9.56. The molecule has 0 amide bonds. The summed E-state index contributed by atoms with van der Waals surface area (Å²) >= 11 is 0. The lowest BCUT2D eigenvalue weighted by Gasteiger charge is -2.29. The van der Waals surface area contributed by atoms with Gasteiger partial charge in [-0.3, -0.25) is 0 Å². The van der Waals surface area contributed by atoms with Crippen LogP contribution in [0.25, 0.3) is 11.1 Å². The van der Waals surface area contributed by atoms with Crippen molar-refractivity contribution in [2.75, 3.05) is 12.4 Å². The Hall–Kier alpha value is -3.38. The van der Waals surface area contributed by atoms with Gasteiger partial charge >= 0.3 is 5.97 Å². The Morgan fingerprint density at radius 2 is 1.65 bits per heavy atom. The average Bonchev–Trinajstić information content (AvgIpc) is 2.76. The summed E-state index contributed by atoms with van der Waals surface area (Å²) in [4.78, 5) is 17.4. The van der Waals surface area contributed by atoms with Gasteiger partial charge in [-0.05, 0) is 95.0 Å². The minimum atomic E-state index is -1.16. The predicted octanol–water partition coefficient (Wildman–Crippen LogP) is 6.68. The van der Waals surface area contributed by atoms with Gasteiger partial charge in [-0.25, -0.2) is 9.78 Å². The van der Waals surface area contributed by atoms with Crippen molar-refractivity contribution < 1.29 is 19.4 Å². The molecule has 2 N–H and O–H groups in total. The van der Waals surface area contributed by atoms with Crippen molar-refractivity contribution in [1.29, 1.82) is 0 Å². The van der Waals surface area contributed by atoms with Gasteiger partial charge in [0.1, 0.15) is 11.6 Å². The lowest BCUT2D eigenvalue weighted by atomic mass is 9.89. The Bertz CT molecular complexity index is 1190. The zero-order chi connectivity index (χ0) is 25.2. The van der Waals surface area contributed by atoms with Gasteiger partial charge in [-0.1, -0.05) is 18.2 Å². The fourth-order valence-electron chi connectivity index (χ4n) is 3.93. The quantitative estimate of drug-likeness (QED) is 0.408. The third-order valence-corrected chi connectivity index (χ3v) is 5.78. The number of hydrogen-bond acceptors (Lipinski definition) is 5. The van der Waals surface area contributed by atoms with E-state index in [9.17, 15) is 9.90 Å². The first-order valence-corrected chi connectivity index (χ1v) is 11.3. The van der Waals surface area contributed by atoms with Crippen molar-refractivity contribution in [3.63, 3.8) is 0 Å². The number of nitrogens with one attached hydrogen (secondary N) is 1. The lowest BCUT2D eigenvalue weighted by molar-refractivity contribution is -0.160. The van der Waals surface area contributed by atoms with Crippen LogP contribution in [0.3, 0.4) is 0 Å². The molecule has 34 heavy (non-hydrogen) atoms. The molecule has 1 aromatic heterocycles. The predicted molar refractivity (Wildman–Crippen MR) is 136 cm³/mol. The molecule has 0 aliphatic heterocycles. The molecular weight excluding hydrogens is 428 g/mol. The van der Waals surface area contributed by atoms with E-state index in [-0.39, 0.29) is 0 Å². The van der Waals surface area contributed by atoms with Crippen molar-refractivity contribution in [3.05, 3.63) is 70.4 Å². The van der Waals surface area contributed by atoms with E-state index >= 15 is 0 Å². The van der Waals surface area contributed by atoms with Crippen molar-refractivity contribution in [2.24, 2.45) is 0 Å². The first kappa shape index (κ1) is 25.2. The number of nitrogens with zero attached hydrogens (tertiary/aromatic N) is 1. The maximum absolute atomic E-state index is 12.5. The minimum absolute atomic E-state index is 0.592. The summed E-state index contributed by atoms with van der Waals surface area (Å²) in [6, 6.07) is 13.7. The molecule has 180 valence electrons. The molecule has 0 fully saturated rings. The van der Waals surface area contributed by atoms with Crippen LogP contribution < -0.4 is 10.1 Å². The van der Waals surface area contributed by atoms with E-state index in [1.807, 2.05) is 77.9 Å². The summed E-state index contributed by atoms with van der Waals surface area (Å²) in [5.41, 5.74) is 6.24. The maximum Gasteiger partial charge on any atom is 0.337 e. The molecule has 1 atom stereocenters. The molecule has 0 spiro atoms. The second kappa shape index (κ2) is 9.85. The normalized spacial score (nSPS) is 12.4. The topological polar surface area (TPSA) is 80.7 Å². The van der Waals surface area contributed by atoms with Gasteiger partial charge < -0.3 is 19.9 Å². The number of aryl methyl sites for hydroxylation is 3. The highest BCUT2D eigenvalue weighted by atomic mass is 16.5. The standard InChI is InChI=1S/C28H34N2O4/c1-16-9-10-20(15-17(16)2)24-19(4)29-26(30-21-11-13-22(33-8)14-12-21)18(3)23(24)25(27(31)32)34-28(5,6)7/h9-15,25H,1-8H3,(H,29,30)(H,31,32). The zero-order valence-corrected chi connectivity index (χ0v) is 21.2. The molecule has 1 heterocycles. The highest BCUT2D eigenvalue weighted by molar-refractivity contribution is 5.84. The molecule has 0 bridgehead atoms. The Kier molecular flexibility index (Phi) is 7.32. The van der Waals surface area contributed by atoms with Crippen LogP contribution in [0.5, 0.6) is 5.75 Å². The van der Waals surface area contributed by atoms with Gasteiger partial charge in [0.05, 0.1) is 12.7 Å². The largest absolute Gasteiger partial charge is 0.497 e. The van der Waals surface area contributed by atoms with Crippen molar-refractivity contribution in [3.8, 4) is 16.9 Å². The molecule has 0 saturated heterocycles. The Morgan fingerprint density at radius 1 is 1.00 bits per heavy atom. The monoisotopic (exact) mass is 462 g/mol. The number of benzene rings is 2. The van der Waals surface area contributed by atoms with E-state index in [4.69, 9.17) is 14.5 Å². The number of ether oxygens (including phenoxy) is 2. The molecule has 0 aliphatic rings. The molecule has 3 rings (SSSR count). The van der Waals surface area contributed by atoms with E-state index in [1.54, 1.807) is 7.11 Å². The Balaban J connectivity index is 2.24. The number of carboxylic acids is 1.